The SMILES string of the molecule is CCN1CCN(c2nc3ncn(CC(=O)N[C@H](C)c4ccccc4)c(=O)c3s2)CC1. The van der Waals surface area contributed by atoms with Crippen LogP contribution in [-0.2, 0) is 11.3 Å². The van der Waals surface area contributed by atoms with E-state index in [0.29, 0.717) is 10.3 Å². The maximum Gasteiger partial charge on any atom is 0.273 e. The fourth-order valence-electron chi connectivity index (χ4n) is 3.61. The quantitative estimate of drug-likeness (QED) is 0.648. The molecule has 0 bridgehead atoms. The summed E-state index contributed by atoms with van der Waals surface area (Å²) >= 11 is 1.36. The number of hydrogen-bond acceptors (Lipinski definition) is 7. The van der Waals surface area contributed by atoms with Gasteiger partial charge in [0.05, 0.1) is 6.04 Å². The van der Waals surface area contributed by atoms with Crippen molar-refractivity contribution in [3.63, 3.8) is 0 Å². The molecule has 1 saturated heterocycles. The molecule has 0 unspecified atom stereocenters. The van der Waals surface area contributed by atoms with Gasteiger partial charge in [0.25, 0.3) is 5.56 Å². The van der Waals surface area contributed by atoms with Gasteiger partial charge in [0.1, 0.15) is 17.6 Å². The topological polar surface area (TPSA) is 83.4 Å². The molecule has 1 amide bonds. The van der Waals surface area contributed by atoms with E-state index in [1.807, 2.05) is 37.3 Å². The maximum absolute atomic E-state index is 12.9. The van der Waals surface area contributed by atoms with Crippen molar-refractivity contribution >= 4 is 32.7 Å². The van der Waals surface area contributed by atoms with Crippen LogP contribution in [0.15, 0.2) is 41.5 Å². The lowest BCUT2D eigenvalue weighted by Gasteiger charge is -2.33. The highest BCUT2D eigenvalue weighted by atomic mass is 32.1. The van der Waals surface area contributed by atoms with Crippen molar-refractivity contribution < 1.29 is 4.79 Å². The minimum atomic E-state index is -0.227. The second-order valence-electron chi connectivity index (χ2n) is 7.45. The van der Waals surface area contributed by atoms with Crippen LogP contribution in [0.3, 0.4) is 0 Å². The highest BCUT2D eigenvalue weighted by molar-refractivity contribution is 7.22. The monoisotopic (exact) mass is 426 g/mol. The van der Waals surface area contributed by atoms with E-state index in [1.54, 1.807) is 0 Å². The number of likely N-dealkylation sites (N-methyl/N-ethyl adjacent to an activating group) is 1. The third kappa shape index (κ3) is 4.36. The average Bonchev–Trinajstić information content (AvgIpc) is 3.21. The number of anilines is 1. The molecule has 3 heterocycles. The molecule has 1 N–H and O–H groups in total. The summed E-state index contributed by atoms with van der Waals surface area (Å²) in [6.07, 6.45) is 1.41. The number of rotatable bonds is 6. The summed E-state index contributed by atoms with van der Waals surface area (Å²) < 4.78 is 1.85. The van der Waals surface area contributed by atoms with Crippen molar-refractivity contribution in [2.45, 2.75) is 26.4 Å². The summed E-state index contributed by atoms with van der Waals surface area (Å²) in [6, 6.07) is 9.59. The van der Waals surface area contributed by atoms with Gasteiger partial charge in [0.2, 0.25) is 5.91 Å². The van der Waals surface area contributed by atoms with E-state index in [4.69, 9.17) is 0 Å². The van der Waals surface area contributed by atoms with Gasteiger partial charge in [0, 0.05) is 26.2 Å². The highest BCUT2D eigenvalue weighted by Crippen LogP contribution is 2.26. The zero-order valence-corrected chi connectivity index (χ0v) is 18.1. The molecule has 1 atom stereocenters. The molecule has 0 radical (unpaired) electrons. The van der Waals surface area contributed by atoms with Crippen LogP contribution >= 0.6 is 11.3 Å². The number of amides is 1. The number of aromatic nitrogens is 3. The molecule has 158 valence electrons. The Bertz CT molecular complexity index is 1070. The molecule has 1 aliphatic rings. The van der Waals surface area contributed by atoms with Gasteiger partial charge in [-0.3, -0.25) is 14.2 Å². The molecule has 3 aromatic rings. The van der Waals surface area contributed by atoms with Gasteiger partial charge in [0.15, 0.2) is 10.8 Å². The van der Waals surface area contributed by atoms with Crippen LogP contribution in [0.2, 0.25) is 0 Å². The Morgan fingerprint density at radius 3 is 2.63 bits per heavy atom. The first-order valence-electron chi connectivity index (χ1n) is 10.2. The van der Waals surface area contributed by atoms with Crippen molar-refractivity contribution in [1.82, 2.24) is 24.8 Å². The first kappa shape index (κ1) is 20.5. The van der Waals surface area contributed by atoms with E-state index in [-0.39, 0.29) is 24.1 Å². The first-order chi connectivity index (χ1) is 14.5. The largest absolute Gasteiger partial charge is 0.348 e. The fraction of sp³-hybridized carbons (Fsp3) is 0.429. The number of carbonyl (C=O) groups is 1. The van der Waals surface area contributed by atoms with Gasteiger partial charge in [-0.05, 0) is 19.0 Å². The zero-order chi connectivity index (χ0) is 21.1. The number of nitrogens with one attached hydrogen (secondary N) is 1. The summed E-state index contributed by atoms with van der Waals surface area (Å²) in [7, 11) is 0. The summed E-state index contributed by atoms with van der Waals surface area (Å²) in [5.41, 5.74) is 1.24. The minimum absolute atomic E-state index is 0.0681. The molecule has 8 nitrogen and oxygen atoms in total. The zero-order valence-electron chi connectivity index (χ0n) is 17.2. The lowest BCUT2D eigenvalue weighted by atomic mass is 10.1. The maximum atomic E-state index is 12.9. The molecule has 0 spiro atoms. The molecule has 30 heavy (non-hydrogen) atoms. The van der Waals surface area contributed by atoms with Crippen molar-refractivity contribution in [3.8, 4) is 0 Å². The molecule has 0 aliphatic carbocycles. The second kappa shape index (κ2) is 8.93. The van der Waals surface area contributed by atoms with Gasteiger partial charge < -0.3 is 15.1 Å². The van der Waals surface area contributed by atoms with Gasteiger partial charge in [-0.25, -0.2) is 4.98 Å². The van der Waals surface area contributed by atoms with Crippen molar-refractivity contribution in [2.24, 2.45) is 0 Å². The molecule has 9 heteroatoms. The molecule has 4 rings (SSSR count). The van der Waals surface area contributed by atoms with Crippen molar-refractivity contribution in [2.75, 3.05) is 37.6 Å². The number of fused-ring (bicyclic) bond motifs is 1. The summed E-state index contributed by atoms with van der Waals surface area (Å²) in [4.78, 5) is 38.9. The fourth-order valence-corrected chi connectivity index (χ4v) is 4.63. The number of carbonyl (C=O) groups excluding carboxylic acids is 1. The second-order valence-corrected chi connectivity index (χ2v) is 8.43. The Balaban J connectivity index is 1.47. The van der Waals surface area contributed by atoms with Crippen LogP contribution < -0.4 is 15.8 Å². The summed E-state index contributed by atoms with van der Waals surface area (Å²) in [5, 5.41) is 3.76. The van der Waals surface area contributed by atoms with Gasteiger partial charge >= 0.3 is 0 Å². The lowest BCUT2D eigenvalue weighted by Crippen LogP contribution is -2.46. The summed E-state index contributed by atoms with van der Waals surface area (Å²) in [6.45, 7) is 8.82. The van der Waals surface area contributed by atoms with E-state index in [2.05, 4.69) is 32.0 Å². The number of benzene rings is 1. The van der Waals surface area contributed by atoms with Crippen LogP contribution in [0, 0.1) is 0 Å². The molecule has 2 aromatic heterocycles. The lowest BCUT2D eigenvalue weighted by molar-refractivity contribution is -0.122. The Morgan fingerprint density at radius 2 is 1.93 bits per heavy atom. The van der Waals surface area contributed by atoms with Crippen LogP contribution in [0.25, 0.3) is 10.3 Å². The van der Waals surface area contributed by atoms with Crippen LogP contribution in [0.4, 0.5) is 5.13 Å². The van der Waals surface area contributed by atoms with Crippen molar-refractivity contribution in [1.29, 1.82) is 0 Å². The normalized spacial score (nSPS) is 16.0. The van der Waals surface area contributed by atoms with E-state index in [0.717, 1.165) is 43.4 Å². The third-order valence-electron chi connectivity index (χ3n) is 5.45. The van der Waals surface area contributed by atoms with Crippen molar-refractivity contribution in [3.05, 3.63) is 52.6 Å². The van der Waals surface area contributed by atoms with E-state index >= 15 is 0 Å². The van der Waals surface area contributed by atoms with Gasteiger partial charge in [-0.15, -0.1) is 0 Å². The first-order valence-corrected chi connectivity index (χ1v) is 11.0. The average molecular weight is 427 g/mol. The third-order valence-corrected chi connectivity index (χ3v) is 6.55. The van der Waals surface area contributed by atoms with Gasteiger partial charge in [-0.2, -0.15) is 4.98 Å². The molecular formula is C21H26N6O2S. The predicted octanol–water partition coefficient (Wildman–Crippen LogP) is 1.87. The van der Waals surface area contributed by atoms with Crippen LogP contribution in [0.1, 0.15) is 25.5 Å². The Morgan fingerprint density at radius 1 is 1.20 bits per heavy atom. The Hall–Kier alpha value is -2.78. The highest BCUT2D eigenvalue weighted by Gasteiger charge is 2.21. The van der Waals surface area contributed by atoms with Crippen LogP contribution in [-0.4, -0.2) is 58.1 Å². The standard InChI is InChI=1S/C21H26N6O2S/c1-3-25-9-11-26(12-10-25)21-24-19-18(30-21)20(29)27(14-22-19)13-17(28)23-15(2)16-7-5-4-6-8-16/h4-8,14-15H,3,9-13H2,1-2H3,(H,23,28)/t15-/m1/s1. The number of nitrogens with zero attached hydrogens (tertiary/aromatic N) is 5. The van der Waals surface area contributed by atoms with E-state index < -0.39 is 0 Å². The van der Waals surface area contributed by atoms with E-state index in [1.165, 1.54) is 22.2 Å². The molecule has 1 aromatic carbocycles. The minimum Gasteiger partial charge on any atom is -0.348 e. The predicted molar refractivity (Wildman–Crippen MR) is 119 cm³/mol. The smallest absolute Gasteiger partial charge is 0.273 e. The molecular weight excluding hydrogens is 400 g/mol. The number of thiazole rings is 1. The van der Waals surface area contributed by atoms with E-state index in [9.17, 15) is 9.59 Å². The molecule has 1 fully saturated rings. The Labute approximate surface area is 179 Å². The summed E-state index contributed by atoms with van der Waals surface area (Å²) in [5.74, 6) is -0.227. The van der Waals surface area contributed by atoms with Crippen LogP contribution in [0.5, 0.6) is 0 Å². The van der Waals surface area contributed by atoms with Gasteiger partial charge in [-0.1, -0.05) is 48.6 Å². The molecule has 0 saturated carbocycles. The number of piperazine rings is 1. The Kier molecular flexibility index (Phi) is 6.10. The number of hydrogen-bond donors (Lipinski definition) is 1. The molecule has 1 aliphatic heterocycles.